The minimum atomic E-state index is -0.320. The van der Waals surface area contributed by atoms with Gasteiger partial charge in [0.05, 0.1) is 35.6 Å². The van der Waals surface area contributed by atoms with Gasteiger partial charge in [0.1, 0.15) is 10.8 Å². The number of benzene rings is 2. The van der Waals surface area contributed by atoms with Crippen LogP contribution < -0.4 is 0 Å². The summed E-state index contributed by atoms with van der Waals surface area (Å²) in [5.74, 6) is 0.0706. The van der Waals surface area contributed by atoms with Crippen molar-refractivity contribution in [1.82, 2.24) is 30.0 Å². The van der Waals surface area contributed by atoms with Crippen LogP contribution in [-0.4, -0.2) is 30.0 Å². The fourth-order valence-electron chi connectivity index (χ4n) is 2.54. The molecular formula is C18H12FN7S. The lowest BCUT2D eigenvalue weighted by atomic mass is 10.1. The van der Waals surface area contributed by atoms with E-state index in [4.69, 9.17) is 5.26 Å². The van der Waals surface area contributed by atoms with E-state index in [1.165, 1.54) is 16.9 Å². The van der Waals surface area contributed by atoms with Crippen LogP contribution in [0, 0.1) is 17.1 Å². The van der Waals surface area contributed by atoms with Gasteiger partial charge in [-0.05, 0) is 47.2 Å². The number of nitrogens with zero attached hydrogens (tertiary/aromatic N) is 7. The summed E-state index contributed by atoms with van der Waals surface area (Å²) >= 11 is 4.50. The van der Waals surface area contributed by atoms with Crippen LogP contribution in [0.2, 0.25) is 0 Å². The Labute approximate surface area is 159 Å². The highest BCUT2D eigenvalue weighted by Gasteiger charge is 2.15. The Morgan fingerprint density at radius 3 is 2.52 bits per heavy atom. The van der Waals surface area contributed by atoms with Gasteiger partial charge < -0.3 is 0 Å². The molecule has 2 heterocycles. The summed E-state index contributed by atoms with van der Waals surface area (Å²) in [6, 6.07) is 15.2. The fourth-order valence-corrected chi connectivity index (χ4v) is 2.86. The van der Waals surface area contributed by atoms with E-state index in [-0.39, 0.29) is 5.82 Å². The molecule has 27 heavy (non-hydrogen) atoms. The third kappa shape index (κ3) is 3.43. The molecule has 4 aromatic rings. The van der Waals surface area contributed by atoms with Crippen LogP contribution in [0.4, 0.5) is 4.39 Å². The van der Waals surface area contributed by atoms with E-state index in [1.807, 2.05) is 12.1 Å². The van der Waals surface area contributed by atoms with Crippen LogP contribution in [0.25, 0.3) is 17.1 Å². The van der Waals surface area contributed by atoms with Crippen molar-refractivity contribution in [3.8, 4) is 23.1 Å². The van der Waals surface area contributed by atoms with Gasteiger partial charge in [0.2, 0.25) is 5.82 Å². The van der Waals surface area contributed by atoms with Crippen molar-refractivity contribution >= 4 is 12.6 Å². The van der Waals surface area contributed by atoms with Crippen molar-refractivity contribution in [2.75, 3.05) is 0 Å². The zero-order valence-electron chi connectivity index (χ0n) is 13.9. The Morgan fingerprint density at radius 2 is 1.81 bits per heavy atom. The molecule has 0 atom stereocenters. The summed E-state index contributed by atoms with van der Waals surface area (Å²) in [4.78, 5) is 1.46. The minimum absolute atomic E-state index is 0.320. The van der Waals surface area contributed by atoms with Gasteiger partial charge in [-0.3, -0.25) is 0 Å². The zero-order valence-corrected chi connectivity index (χ0v) is 14.8. The summed E-state index contributed by atoms with van der Waals surface area (Å²) in [5, 5.41) is 26.1. The summed E-state index contributed by atoms with van der Waals surface area (Å²) in [7, 11) is 0. The number of rotatable bonds is 4. The number of thiol groups is 1. The summed E-state index contributed by atoms with van der Waals surface area (Å²) in [6.07, 6.45) is 1.59. The maximum atomic E-state index is 13.1. The molecule has 0 aliphatic carbocycles. The lowest BCUT2D eigenvalue weighted by Crippen LogP contribution is -2.04. The van der Waals surface area contributed by atoms with Gasteiger partial charge in [-0.1, -0.05) is 12.1 Å². The highest BCUT2D eigenvalue weighted by molar-refractivity contribution is 7.80. The highest BCUT2D eigenvalue weighted by atomic mass is 32.1. The van der Waals surface area contributed by atoms with E-state index in [1.54, 1.807) is 35.1 Å². The van der Waals surface area contributed by atoms with E-state index in [9.17, 15) is 4.39 Å². The van der Waals surface area contributed by atoms with E-state index >= 15 is 0 Å². The Balaban J connectivity index is 1.58. The normalized spacial score (nSPS) is 10.7. The molecular weight excluding hydrogens is 365 g/mol. The van der Waals surface area contributed by atoms with Gasteiger partial charge in [-0.2, -0.15) is 15.2 Å². The lowest BCUT2D eigenvalue weighted by molar-refractivity contribution is 0.573. The largest absolute Gasteiger partial charge is 0.227 e. The molecule has 0 unspecified atom stereocenters. The number of tetrazole rings is 1. The van der Waals surface area contributed by atoms with E-state index < -0.39 is 0 Å². The Kier molecular flexibility index (Phi) is 4.40. The average molecular weight is 377 g/mol. The van der Waals surface area contributed by atoms with E-state index in [0.29, 0.717) is 34.2 Å². The Morgan fingerprint density at radius 1 is 1.07 bits per heavy atom. The molecule has 0 saturated carbocycles. The van der Waals surface area contributed by atoms with Crippen LogP contribution in [0.15, 0.2) is 59.8 Å². The molecule has 0 bridgehead atoms. The summed E-state index contributed by atoms with van der Waals surface area (Å²) in [6.45, 7) is 0.423. The van der Waals surface area contributed by atoms with Crippen LogP contribution in [-0.2, 0) is 6.54 Å². The molecule has 0 fully saturated rings. The fraction of sp³-hybridized carbons (Fsp3) is 0.0556. The molecule has 0 spiro atoms. The second-order valence-electron chi connectivity index (χ2n) is 5.72. The molecule has 4 rings (SSSR count). The maximum absolute atomic E-state index is 13.1. The summed E-state index contributed by atoms with van der Waals surface area (Å²) in [5.41, 5.74) is 2.84. The Hall–Kier alpha value is -3.51. The van der Waals surface area contributed by atoms with E-state index in [2.05, 4.69) is 39.2 Å². The molecule has 0 aliphatic heterocycles. The molecule has 0 amide bonds. The maximum Gasteiger partial charge on any atom is 0.209 e. The minimum Gasteiger partial charge on any atom is -0.227 e. The predicted molar refractivity (Wildman–Crippen MR) is 97.8 cm³/mol. The van der Waals surface area contributed by atoms with Crippen LogP contribution in [0.5, 0.6) is 0 Å². The molecule has 2 aromatic heterocycles. The average Bonchev–Trinajstić information content (AvgIpc) is 3.29. The first kappa shape index (κ1) is 16.9. The molecule has 0 saturated heterocycles. The second kappa shape index (κ2) is 7.01. The first-order valence-electron chi connectivity index (χ1n) is 7.94. The quantitative estimate of drug-likeness (QED) is 0.553. The van der Waals surface area contributed by atoms with Gasteiger partial charge >= 0.3 is 0 Å². The molecule has 2 aromatic carbocycles. The van der Waals surface area contributed by atoms with Crippen molar-refractivity contribution in [1.29, 1.82) is 5.26 Å². The van der Waals surface area contributed by atoms with Crippen molar-refractivity contribution in [2.45, 2.75) is 11.6 Å². The predicted octanol–water partition coefficient (Wildman–Crippen LogP) is 2.87. The van der Waals surface area contributed by atoms with Crippen LogP contribution in [0.3, 0.4) is 0 Å². The standard InChI is InChI=1S/C18H12FN7S/c19-14-5-7-15(8-6-14)26-18(27)16(10-21-26)17-22-24-25(23-17)11-13-3-1-12(9-20)2-4-13/h1-8,10,27H,11H2. The van der Waals surface area contributed by atoms with Crippen LogP contribution >= 0.6 is 12.6 Å². The van der Waals surface area contributed by atoms with Crippen molar-refractivity contribution in [3.05, 3.63) is 71.7 Å². The topological polar surface area (TPSA) is 85.2 Å². The van der Waals surface area contributed by atoms with Gasteiger partial charge in [-0.15, -0.1) is 22.8 Å². The van der Waals surface area contributed by atoms with Crippen molar-refractivity contribution in [2.24, 2.45) is 0 Å². The second-order valence-corrected chi connectivity index (χ2v) is 6.15. The smallest absolute Gasteiger partial charge is 0.209 e. The van der Waals surface area contributed by atoms with Crippen LogP contribution in [0.1, 0.15) is 11.1 Å². The van der Waals surface area contributed by atoms with Gasteiger partial charge in [0.25, 0.3) is 0 Å². The third-order valence-corrected chi connectivity index (χ3v) is 4.35. The first-order chi connectivity index (χ1) is 13.1. The van der Waals surface area contributed by atoms with Gasteiger partial charge in [0, 0.05) is 0 Å². The van der Waals surface area contributed by atoms with Gasteiger partial charge in [0.15, 0.2) is 0 Å². The number of hydrogen-bond donors (Lipinski definition) is 1. The monoisotopic (exact) mass is 377 g/mol. The van der Waals surface area contributed by atoms with Crippen molar-refractivity contribution in [3.63, 3.8) is 0 Å². The third-order valence-electron chi connectivity index (χ3n) is 3.92. The first-order valence-corrected chi connectivity index (χ1v) is 8.39. The highest BCUT2D eigenvalue weighted by Crippen LogP contribution is 2.25. The van der Waals surface area contributed by atoms with Crippen molar-refractivity contribution < 1.29 is 4.39 Å². The molecule has 9 heteroatoms. The lowest BCUT2D eigenvalue weighted by Gasteiger charge is -2.03. The van der Waals surface area contributed by atoms with Gasteiger partial charge in [-0.25, -0.2) is 9.07 Å². The number of hydrogen-bond acceptors (Lipinski definition) is 6. The molecule has 7 nitrogen and oxygen atoms in total. The number of aromatic nitrogens is 6. The number of nitriles is 1. The SMILES string of the molecule is N#Cc1ccc(Cn2nnc(-c3cnn(-c4ccc(F)cc4)c3S)n2)cc1. The molecule has 132 valence electrons. The number of halogens is 1. The Bertz CT molecular complexity index is 1120. The van der Waals surface area contributed by atoms with E-state index in [0.717, 1.165) is 5.56 Å². The molecule has 0 N–H and O–H groups in total. The molecule has 0 aliphatic rings. The molecule has 0 radical (unpaired) electrons. The summed E-state index contributed by atoms with van der Waals surface area (Å²) < 4.78 is 14.7. The zero-order chi connectivity index (χ0) is 18.8.